The summed E-state index contributed by atoms with van der Waals surface area (Å²) in [6.45, 7) is 0.862. The number of amides is 1. The zero-order valence-electron chi connectivity index (χ0n) is 11.9. The molecule has 0 aromatic heterocycles. The van der Waals surface area contributed by atoms with E-state index >= 15 is 0 Å². The molecule has 2 aliphatic rings. The molecule has 20 heavy (non-hydrogen) atoms. The number of rotatable bonds is 4. The van der Waals surface area contributed by atoms with E-state index in [0.29, 0.717) is 17.8 Å². The van der Waals surface area contributed by atoms with Gasteiger partial charge in [-0.25, -0.2) is 0 Å². The molecule has 0 saturated heterocycles. The van der Waals surface area contributed by atoms with Crippen LogP contribution < -0.4 is 10.6 Å². The molecule has 2 atom stereocenters. The first-order valence-electron chi connectivity index (χ1n) is 7.34. The fraction of sp³-hybridized carbons (Fsp3) is 0.562. The van der Waals surface area contributed by atoms with Gasteiger partial charge in [-0.1, -0.05) is 25.0 Å². The molecule has 1 aromatic rings. The third kappa shape index (κ3) is 3.15. The number of hydrogen-bond acceptors (Lipinski definition) is 2. The molecule has 2 fully saturated rings. The number of carbonyl (C=O) groups excluding carboxylic acids is 1. The number of hydrogen-bond donors (Lipinski definition) is 2. The SMILES string of the molecule is CNCc1ccc(NC(=O)C2C3CCCCC32)cc1.Cl. The Balaban J connectivity index is 0.00000147. The van der Waals surface area contributed by atoms with Crippen LogP contribution in [0.25, 0.3) is 0 Å². The highest BCUT2D eigenvalue weighted by atomic mass is 35.5. The lowest BCUT2D eigenvalue weighted by Gasteiger charge is -2.06. The van der Waals surface area contributed by atoms with Crippen LogP contribution in [0.2, 0.25) is 0 Å². The second-order valence-corrected chi connectivity index (χ2v) is 5.85. The molecule has 3 rings (SSSR count). The Morgan fingerprint density at radius 3 is 2.30 bits per heavy atom. The van der Waals surface area contributed by atoms with Crippen LogP contribution in [0.1, 0.15) is 31.2 Å². The zero-order chi connectivity index (χ0) is 13.2. The van der Waals surface area contributed by atoms with Crippen molar-refractivity contribution in [3.05, 3.63) is 29.8 Å². The average Bonchev–Trinajstić information content (AvgIpc) is 3.15. The molecule has 4 heteroatoms. The molecule has 0 heterocycles. The van der Waals surface area contributed by atoms with Crippen LogP contribution in [-0.2, 0) is 11.3 Å². The molecule has 2 saturated carbocycles. The first-order valence-corrected chi connectivity index (χ1v) is 7.34. The average molecular weight is 295 g/mol. The monoisotopic (exact) mass is 294 g/mol. The lowest BCUT2D eigenvalue weighted by atomic mass is 10.0. The fourth-order valence-corrected chi connectivity index (χ4v) is 3.52. The van der Waals surface area contributed by atoms with Crippen LogP contribution in [-0.4, -0.2) is 13.0 Å². The Bertz CT molecular complexity index is 448. The smallest absolute Gasteiger partial charge is 0.228 e. The van der Waals surface area contributed by atoms with Crippen molar-refractivity contribution in [2.75, 3.05) is 12.4 Å². The van der Waals surface area contributed by atoms with Gasteiger partial charge in [-0.2, -0.15) is 0 Å². The van der Waals surface area contributed by atoms with Crippen molar-refractivity contribution in [2.45, 2.75) is 32.2 Å². The van der Waals surface area contributed by atoms with E-state index in [1.807, 2.05) is 19.2 Å². The van der Waals surface area contributed by atoms with Gasteiger partial charge < -0.3 is 10.6 Å². The standard InChI is InChI=1S/C16H22N2O.ClH/c1-17-10-11-6-8-12(9-7-11)18-16(19)15-13-4-2-3-5-14(13)15;/h6-9,13-15,17H,2-5,10H2,1H3,(H,18,19);1H. The molecule has 0 radical (unpaired) electrons. The quantitative estimate of drug-likeness (QED) is 0.895. The van der Waals surface area contributed by atoms with Gasteiger partial charge in [0, 0.05) is 18.2 Å². The highest BCUT2D eigenvalue weighted by Gasteiger charge is 2.54. The van der Waals surface area contributed by atoms with E-state index in [9.17, 15) is 4.79 Å². The number of nitrogens with one attached hydrogen (secondary N) is 2. The van der Waals surface area contributed by atoms with Gasteiger partial charge in [-0.3, -0.25) is 4.79 Å². The maximum atomic E-state index is 12.2. The molecular weight excluding hydrogens is 272 g/mol. The molecule has 2 aliphatic carbocycles. The summed E-state index contributed by atoms with van der Waals surface area (Å²) in [4.78, 5) is 12.2. The maximum Gasteiger partial charge on any atom is 0.228 e. The summed E-state index contributed by atoms with van der Waals surface area (Å²) in [6.07, 6.45) is 5.13. The molecule has 3 nitrogen and oxygen atoms in total. The molecule has 0 aliphatic heterocycles. The van der Waals surface area contributed by atoms with Crippen molar-refractivity contribution in [2.24, 2.45) is 17.8 Å². The minimum absolute atomic E-state index is 0. The number of benzene rings is 1. The van der Waals surface area contributed by atoms with E-state index in [4.69, 9.17) is 0 Å². The van der Waals surface area contributed by atoms with Crippen molar-refractivity contribution >= 4 is 24.0 Å². The molecule has 2 N–H and O–H groups in total. The number of fused-ring (bicyclic) bond motifs is 1. The predicted octanol–water partition coefficient (Wildman–Crippen LogP) is 3.20. The third-order valence-electron chi connectivity index (χ3n) is 4.56. The maximum absolute atomic E-state index is 12.2. The van der Waals surface area contributed by atoms with Crippen molar-refractivity contribution < 1.29 is 4.79 Å². The first kappa shape index (κ1) is 15.3. The lowest BCUT2D eigenvalue weighted by Crippen LogP contribution is -2.15. The van der Waals surface area contributed by atoms with Gasteiger partial charge in [-0.15, -0.1) is 12.4 Å². The van der Waals surface area contributed by atoms with E-state index in [1.165, 1.54) is 31.2 Å². The van der Waals surface area contributed by atoms with E-state index in [0.717, 1.165) is 12.2 Å². The van der Waals surface area contributed by atoms with E-state index in [1.54, 1.807) is 0 Å². The van der Waals surface area contributed by atoms with Gasteiger partial charge in [0.05, 0.1) is 0 Å². The molecule has 1 aromatic carbocycles. The summed E-state index contributed by atoms with van der Waals surface area (Å²) in [7, 11) is 1.94. The summed E-state index contributed by atoms with van der Waals surface area (Å²) in [5.74, 6) is 1.88. The van der Waals surface area contributed by atoms with Gasteiger partial charge in [0.1, 0.15) is 0 Å². The minimum Gasteiger partial charge on any atom is -0.326 e. The van der Waals surface area contributed by atoms with Crippen LogP contribution in [0.5, 0.6) is 0 Å². The summed E-state index contributed by atoms with van der Waals surface area (Å²) in [5.41, 5.74) is 2.16. The normalized spacial score (nSPS) is 27.1. The van der Waals surface area contributed by atoms with Gasteiger partial charge >= 0.3 is 0 Å². The molecular formula is C16H23ClN2O. The number of halogens is 1. The second kappa shape index (κ2) is 6.59. The third-order valence-corrected chi connectivity index (χ3v) is 4.56. The van der Waals surface area contributed by atoms with Crippen LogP contribution in [0, 0.1) is 17.8 Å². The van der Waals surface area contributed by atoms with E-state index < -0.39 is 0 Å². The van der Waals surface area contributed by atoms with Crippen LogP contribution >= 0.6 is 12.4 Å². The summed E-state index contributed by atoms with van der Waals surface area (Å²) in [5, 5.41) is 6.19. The molecule has 110 valence electrons. The Labute approximate surface area is 126 Å². The first-order chi connectivity index (χ1) is 9.29. The summed E-state index contributed by atoms with van der Waals surface area (Å²) < 4.78 is 0. The van der Waals surface area contributed by atoms with Crippen LogP contribution in [0.3, 0.4) is 0 Å². The van der Waals surface area contributed by atoms with E-state index in [-0.39, 0.29) is 18.3 Å². The Morgan fingerprint density at radius 2 is 1.75 bits per heavy atom. The van der Waals surface area contributed by atoms with Gasteiger partial charge in [-0.05, 0) is 49.4 Å². The second-order valence-electron chi connectivity index (χ2n) is 5.85. The highest BCUT2D eigenvalue weighted by Crippen LogP contribution is 2.55. The van der Waals surface area contributed by atoms with Gasteiger partial charge in [0.15, 0.2) is 0 Å². The van der Waals surface area contributed by atoms with Gasteiger partial charge in [0.25, 0.3) is 0 Å². The minimum atomic E-state index is 0. The largest absolute Gasteiger partial charge is 0.326 e. The lowest BCUT2D eigenvalue weighted by molar-refractivity contribution is -0.117. The molecule has 0 bridgehead atoms. The molecule has 1 amide bonds. The van der Waals surface area contributed by atoms with Crippen molar-refractivity contribution in [3.63, 3.8) is 0 Å². The zero-order valence-corrected chi connectivity index (χ0v) is 12.7. The number of carbonyl (C=O) groups is 1. The predicted molar refractivity (Wildman–Crippen MR) is 84.0 cm³/mol. The Kier molecular flexibility index (Phi) is 5.06. The van der Waals surface area contributed by atoms with E-state index in [2.05, 4.69) is 22.8 Å². The Hall–Kier alpha value is -1.06. The van der Waals surface area contributed by atoms with Crippen LogP contribution in [0.15, 0.2) is 24.3 Å². The number of anilines is 1. The molecule has 2 unspecified atom stereocenters. The molecule has 0 spiro atoms. The van der Waals surface area contributed by atoms with Crippen molar-refractivity contribution in [1.82, 2.24) is 5.32 Å². The summed E-state index contributed by atoms with van der Waals surface area (Å²) >= 11 is 0. The van der Waals surface area contributed by atoms with Crippen molar-refractivity contribution in [1.29, 1.82) is 0 Å². The van der Waals surface area contributed by atoms with Crippen molar-refractivity contribution in [3.8, 4) is 0 Å². The van der Waals surface area contributed by atoms with Crippen LogP contribution in [0.4, 0.5) is 5.69 Å². The summed E-state index contributed by atoms with van der Waals surface area (Å²) in [6, 6.07) is 8.12. The fourth-order valence-electron chi connectivity index (χ4n) is 3.52. The van der Waals surface area contributed by atoms with Gasteiger partial charge in [0.2, 0.25) is 5.91 Å². The topological polar surface area (TPSA) is 41.1 Å². The Morgan fingerprint density at radius 1 is 1.15 bits per heavy atom. The highest BCUT2D eigenvalue weighted by molar-refractivity contribution is 5.94.